The zero-order valence-corrected chi connectivity index (χ0v) is 7.54. The molecule has 0 saturated carbocycles. The third-order valence-corrected chi connectivity index (χ3v) is 1.52. The molecular weight excluding hydrogens is 156 g/mol. The molecule has 0 spiro atoms. The van der Waals surface area contributed by atoms with Gasteiger partial charge in [0, 0.05) is 12.8 Å². The molecule has 0 saturated heterocycles. The van der Waals surface area contributed by atoms with Crippen molar-refractivity contribution in [2.45, 2.75) is 39.0 Å². The van der Waals surface area contributed by atoms with Crippen molar-refractivity contribution in [3.8, 4) is 0 Å². The van der Waals surface area contributed by atoms with Crippen molar-refractivity contribution < 1.29 is 14.3 Å². The van der Waals surface area contributed by atoms with E-state index in [2.05, 4.69) is 0 Å². The maximum Gasteiger partial charge on any atom is 0.305 e. The number of esters is 1. The van der Waals surface area contributed by atoms with Crippen LogP contribution in [0.2, 0.25) is 0 Å². The van der Waals surface area contributed by atoms with Crippen molar-refractivity contribution in [1.29, 1.82) is 0 Å². The van der Waals surface area contributed by atoms with Gasteiger partial charge in [-0.3, -0.25) is 4.79 Å². The smallest absolute Gasteiger partial charge is 0.305 e. The highest BCUT2D eigenvalue weighted by Crippen LogP contribution is 1.98. The minimum Gasteiger partial charge on any atom is -0.466 e. The molecule has 70 valence electrons. The van der Waals surface area contributed by atoms with E-state index in [4.69, 9.17) is 4.74 Å². The molecule has 0 aromatic heterocycles. The van der Waals surface area contributed by atoms with E-state index in [1.54, 1.807) is 6.92 Å². The van der Waals surface area contributed by atoms with Crippen molar-refractivity contribution in [2.24, 2.45) is 0 Å². The van der Waals surface area contributed by atoms with Crippen molar-refractivity contribution in [3.63, 3.8) is 0 Å². The number of unbranched alkanes of at least 4 members (excludes halogenated alkanes) is 3. The molecule has 12 heavy (non-hydrogen) atoms. The Morgan fingerprint density at radius 2 is 2.08 bits per heavy atom. The van der Waals surface area contributed by atoms with Crippen LogP contribution < -0.4 is 0 Å². The van der Waals surface area contributed by atoms with Gasteiger partial charge in [0.25, 0.3) is 0 Å². The molecule has 0 aliphatic rings. The van der Waals surface area contributed by atoms with Crippen LogP contribution in [-0.2, 0) is 14.3 Å². The summed E-state index contributed by atoms with van der Waals surface area (Å²) in [7, 11) is 0. The van der Waals surface area contributed by atoms with Crippen LogP contribution in [0.1, 0.15) is 39.0 Å². The molecule has 0 bridgehead atoms. The molecule has 0 aliphatic heterocycles. The number of hydrogen-bond acceptors (Lipinski definition) is 3. The van der Waals surface area contributed by atoms with Gasteiger partial charge in [0.2, 0.25) is 0 Å². The van der Waals surface area contributed by atoms with Crippen LogP contribution >= 0.6 is 0 Å². The first kappa shape index (κ1) is 11.1. The lowest BCUT2D eigenvalue weighted by Crippen LogP contribution is -2.03. The molecule has 0 radical (unpaired) electrons. The summed E-state index contributed by atoms with van der Waals surface area (Å²) in [4.78, 5) is 20.5. The van der Waals surface area contributed by atoms with Gasteiger partial charge in [-0.05, 0) is 19.3 Å². The first-order valence-corrected chi connectivity index (χ1v) is 4.40. The number of rotatable bonds is 7. The number of carbonyl (C=O) groups is 2. The molecule has 0 N–H and O–H groups in total. The molecule has 0 heterocycles. The highest BCUT2D eigenvalue weighted by atomic mass is 16.5. The molecular formula is C9H16O3. The fourth-order valence-corrected chi connectivity index (χ4v) is 0.795. The van der Waals surface area contributed by atoms with Crippen LogP contribution in [0.5, 0.6) is 0 Å². The second-order valence-corrected chi connectivity index (χ2v) is 2.59. The van der Waals surface area contributed by atoms with E-state index < -0.39 is 0 Å². The zero-order chi connectivity index (χ0) is 9.23. The first-order chi connectivity index (χ1) is 5.81. The molecule has 0 unspecified atom stereocenters. The van der Waals surface area contributed by atoms with E-state index in [-0.39, 0.29) is 5.97 Å². The lowest BCUT2D eigenvalue weighted by atomic mass is 10.2. The average molecular weight is 172 g/mol. The Kier molecular flexibility index (Phi) is 7.65. The van der Waals surface area contributed by atoms with E-state index in [9.17, 15) is 9.59 Å². The summed E-state index contributed by atoms with van der Waals surface area (Å²) in [6.07, 6.45) is 4.68. The zero-order valence-electron chi connectivity index (χ0n) is 7.54. The Hall–Kier alpha value is -0.860. The van der Waals surface area contributed by atoms with Gasteiger partial charge in [-0.2, -0.15) is 0 Å². The molecule has 0 aliphatic carbocycles. The largest absolute Gasteiger partial charge is 0.466 e. The molecule has 0 aromatic rings. The van der Waals surface area contributed by atoms with Crippen molar-refractivity contribution in [1.82, 2.24) is 0 Å². The van der Waals surface area contributed by atoms with Gasteiger partial charge in [0.05, 0.1) is 6.61 Å². The topological polar surface area (TPSA) is 43.4 Å². The van der Waals surface area contributed by atoms with Crippen LogP contribution in [0.25, 0.3) is 0 Å². The van der Waals surface area contributed by atoms with Gasteiger partial charge in [0.1, 0.15) is 6.29 Å². The third-order valence-electron chi connectivity index (χ3n) is 1.52. The monoisotopic (exact) mass is 172 g/mol. The van der Waals surface area contributed by atoms with Gasteiger partial charge < -0.3 is 9.53 Å². The average Bonchev–Trinajstić information content (AvgIpc) is 2.10. The van der Waals surface area contributed by atoms with Gasteiger partial charge in [-0.15, -0.1) is 0 Å². The van der Waals surface area contributed by atoms with E-state index in [1.807, 2.05) is 0 Å². The molecule has 3 nitrogen and oxygen atoms in total. The summed E-state index contributed by atoms with van der Waals surface area (Å²) in [6, 6.07) is 0. The Labute approximate surface area is 73.1 Å². The van der Waals surface area contributed by atoms with Crippen molar-refractivity contribution in [2.75, 3.05) is 6.61 Å². The molecule has 3 heteroatoms. The lowest BCUT2D eigenvalue weighted by molar-refractivity contribution is -0.143. The minimum absolute atomic E-state index is 0.148. The molecule has 0 atom stereocenters. The molecule has 0 aromatic carbocycles. The SMILES string of the molecule is CCC(=O)OCCCCCC=O. The summed E-state index contributed by atoms with van der Waals surface area (Å²) in [6.45, 7) is 2.26. The number of hydrogen-bond donors (Lipinski definition) is 0. The van der Waals surface area contributed by atoms with E-state index in [1.165, 1.54) is 0 Å². The molecule has 0 fully saturated rings. The second kappa shape index (κ2) is 8.24. The van der Waals surface area contributed by atoms with Crippen LogP contribution in [0.4, 0.5) is 0 Å². The Morgan fingerprint density at radius 3 is 2.67 bits per heavy atom. The number of aldehydes is 1. The highest BCUT2D eigenvalue weighted by molar-refractivity contribution is 5.68. The first-order valence-electron chi connectivity index (χ1n) is 4.40. The Bertz CT molecular complexity index is 132. The third kappa shape index (κ3) is 7.25. The lowest BCUT2D eigenvalue weighted by Gasteiger charge is -2.01. The standard InChI is InChI=1S/C9H16O3/c1-2-9(11)12-8-6-4-3-5-7-10/h7H,2-6,8H2,1H3. The number of carbonyl (C=O) groups excluding carboxylic acids is 2. The van der Waals surface area contributed by atoms with Gasteiger partial charge >= 0.3 is 5.97 Å². The highest BCUT2D eigenvalue weighted by Gasteiger charge is 1.96. The van der Waals surface area contributed by atoms with E-state index >= 15 is 0 Å². The molecule has 0 amide bonds. The van der Waals surface area contributed by atoms with Crippen LogP contribution in [-0.4, -0.2) is 18.9 Å². The van der Waals surface area contributed by atoms with Gasteiger partial charge in [-0.25, -0.2) is 0 Å². The van der Waals surface area contributed by atoms with Gasteiger partial charge in [0.15, 0.2) is 0 Å². The normalized spacial score (nSPS) is 9.42. The summed E-state index contributed by atoms with van der Waals surface area (Å²) in [5.74, 6) is -0.148. The maximum atomic E-state index is 10.6. The van der Waals surface area contributed by atoms with Crippen LogP contribution in [0.3, 0.4) is 0 Å². The van der Waals surface area contributed by atoms with E-state index in [0.717, 1.165) is 25.5 Å². The second-order valence-electron chi connectivity index (χ2n) is 2.59. The Morgan fingerprint density at radius 1 is 1.33 bits per heavy atom. The maximum absolute atomic E-state index is 10.6. The fraction of sp³-hybridized carbons (Fsp3) is 0.778. The van der Waals surface area contributed by atoms with Gasteiger partial charge in [-0.1, -0.05) is 6.92 Å². The predicted molar refractivity (Wildman–Crippen MR) is 45.8 cm³/mol. The van der Waals surface area contributed by atoms with E-state index in [0.29, 0.717) is 19.4 Å². The van der Waals surface area contributed by atoms with Crippen LogP contribution in [0, 0.1) is 0 Å². The summed E-state index contributed by atoms with van der Waals surface area (Å²) in [5.41, 5.74) is 0. The summed E-state index contributed by atoms with van der Waals surface area (Å²) >= 11 is 0. The number of ether oxygens (including phenoxy) is 1. The predicted octanol–water partition coefficient (Wildman–Crippen LogP) is 1.70. The Balaban J connectivity index is 3.00. The van der Waals surface area contributed by atoms with Crippen LogP contribution in [0.15, 0.2) is 0 Å². The van der Waals surface area contributed by atoms with Crippen molar-refractivity contribution in [3.05, 3.63) is 0 Å². The summed E-state index contributed by atoms with van der Waals surface area (Å²) in [5, 5.41) is 0. The quantitative estimate of drug-likeness (QED) is 0.333. The van der Waals surface area contributed by atoms with Crippen molar-refractivity contribution >= 4 is 12.3 Å². The fourth-order valence-electron chi connectivity index (χ4n) is 0.795. The summed E-state index contributed by atoms with van der Waals surface area (Å²) < 4.78 is 4.84. The molecule has 0 rings (SSSR count). The minimum atomic E-state index is -0.148.